The first kappa shape index (κ1) is 16.3. The van der Waals surface area contributed by atoms with Crippen LogP contribution in [-0.2, 0) is 6.54 Å². The van der Waals surface area contributed by atoms with Crippen LogP contribution < -0.4 is 14.9 Å². The molecule has 5 nitrogen and oxygen atoms in total. The molecule has 4 rings (SSSR count). The van der Waals surface area contributed by atoms with Crippen LogP contribution in [0.3, 0.4) is 0 Å². The minimum Gasteiger partial charge on any atom is -0.493 e. The fourth-order valence-electron chi connectivity index (χ4n) is 3.30. The Morgan fingerprint density at radius 3 is 2.54 bits per heavy atom. The highest BCUT2D eigenvalue weighted by Crippen LogP contribution is 2.32. The van der Waals surface area contributed by atoms with Gasteiger partial charge in [-0.15, -0.1) is 0 Å². The van der Waals surface area contributed by atoms with Crippen LogP contribution in [0, 0.1) is 0 Å². The molecule has 4 aromatic rings. The predicted octanol–water partition coefficient (Wildman–Crippen LogP) is 4.45. The fourth-order valence-corrected chi connectivity index (χ4v) is 3.30. The summed E-state index contributed by atoms with van der Waals surface area (Å²) in [5, 5.41) is 1.56. The van der Waals surface area contributed by atoms with E-state index in [0.717, 1.165) is 23.0 Å². The Morgan fingerprint density at radius 2 is 1.81 bits per heavy atom. The average Bonchev–Trinajstić information content (AvgIpc) is 3.09. The molecule has 2 aromatic heterocycles. The number of aryl methyl sites for hydroxylation is 1. The molecule has 2 aromatic carbocycles. The number of benzene rings is 2. The van der Waals surface area contributed by atoms with Gasteiger partial charge in [-0.25, -0.2) is 0 Å². The van der Waals surface area contributed by atoms with Crippen LogP contribution in [0.2, 0.25) is 0 Å². The zero-order chi connectivity index (χ0) is 18.3. The van der Waals surface area contributed by atoms with E-state index in [0.29, 0.717) is 28.0 Å². The van der Waals surface area contributed by atoms with Gasteiger partial charge in [-0.3, -0.25) is 4.79 Å². The van der Waals surface area contributed by atoms with E-state index in [2.05, 4.69) is 23.8 Å². The third kappa shape index (κ3) is 2.44. The van der Waals surface area contributed by atoms with Crippen molar-refractivity contribution in [2.75, 3.05) is 14.2 Å². The Labute approximate surface area is 150 Å². The largest absolute Gasteiger partial charge is 0.493 e. The molecule has 0 fully saturated rings. The Bertz CT molecular complexity index is 1170. The molecule has 0 unspecified atom stereocenters. The summed E-state index contributed by atoms with van der Waals surface area (Å²) in [4.78, 5) is 13.0. The smallest absolute Gasteiger partial charge is 0.200 e. The van der Waals surface area contributed by atoms with Gasteiger partial charge in [-0.2, -0.15) is 0 Å². The predicted molar refractivity (Wildman–Crippen MR) is 102 cm³/mol. The number of methoxy groups -OCH3 is 2. The number of hydrogen-bond donors (Lipinski definition) is 0. The molecule has 2 heterocycles. The van der Waals surface area contributed by atoms with Gasteiger partial charge in [0.05, 0.1) is 25.2 Å². The SMILES string of the molecule is CCn1ccc2cc(-c3coc4cc(OC)c(OC)cc4c3=O)ccc21. The lowest BCUT2D eigenvalue weighted by molar-refractivity contribution is 0.355. The van der Waals surface area contributed by atoms with Gasteiger partial charge >= 0.3 is 0 Å². The Morgan fingerprint density at radius 1 is 1.04 bits per heavy atom. The van der Waals surface area contributed by atoms with E-state index in [1.807, 2.05) is 18.2 Å². The first-order chi connectivity index (χ1) is 12.7. The van der Waals surface area contributed by atoms with Crippen LogP contribution in [-0.4, -0.2) is 18.8 Å². The van der Waals surface area contributed by atoms with Gasteiger partial charge in [-0.1, -0.05) is 6.07 Å². The first-order valence-electron chi connectivity index (χ1n) is 8.43. The molecule has 26 heavy (non-hydrogen) atoms. The minimum absolute atomic E-state index is 0.0959. The molecule has 0 aliphatic heterocycles. The molecule has 0 amide bonds. The Kier molecular flexibility index (Phi) is 3.92. The van der Waals surface area contributed by atoms with Crippen LogP contribution in [0.25, 0.3) is 33.0 Å². The third-order valence-corrected chi connectivity index (χ3v) is 4.70. The molecule has 0 spiro atoms. The molecule has 0 atom stereocenters. The van der Waals surface area contributed by atoms with Gasteiger partial charge in [0.25, 0.3) is 0 Å². The van der Waals surface area contributed by atoms with E-state index in [1.54, 1.807) is 26.4 Å². The maximum Gasteiger partial charge on any atom is 0.200 e. The number of ether oxygens (including phenoxy) is 2. The van der Waals surface area contributed by atoms with Crippen LogP contribution in [0.4, 0.5) is 0 Å². The van der Waals surface area contributed by atoms with Crippen LogP contribution in [0.5, 0.6) is 11.5 Å². The van der Waals surface area contributed by atoms with E-state index in [9.17, 15) is 4.79 Å². The summed E-state index contributed by atoms with van der Waals surface area (Å²) in [6.45, 7) is 3.01. The highest BCUT2D eigenvalue weighted by molar-refractivity contribution is 5.88. The molecule has 5 heteroatoms. The van der Waals surface area contributed by atoms with Crippen LogP contribution in [0.15, 0.2) is 58.1 Å². The molecule has 0 saturated heterocycles. The van der Waals surface area contributed by atoms with Gasteiger partial charge in [0.2, 0.25) is 5.43 Å². The summed E-state index contributed by atoms with van der Waals surface area (Å²) in [6, 6.07) is 11.4. The monoisotopic (exact) mass is 349 g/mol. The lowest BCUT2D eigenvalue weighted by Crippen LogP contribution is -2.05. The maximum atomic E-state index is 13.0. The van der Waals surface area contributed by atoms with Gasteiger partial charge in [0, 0.05) is 29.7 Å². The summed E-state index contributed by atoms with van der Waals surface area (Å²) in [5.74, 6) is 1.03. The molecule has 0 bridgehead atoms. The van der Waals surface area contributed by atoms with E-state index in [4.69, 9.17) is 13.9 Å². The number of rotatable bonds is 4. The van der Waals surface area contributed by atoms with Crippen molar-refractivity contribution in [3.63, 3.8) is 0 Å². The third-order valence-electron chi connectivity index (χ3n) is 4.70. The van der Waals surface area contributed by atoms with Crippen molar-refractivity contribution in [2.45, 2.75) is 13.5 Å². The summed E-state index contributed by atoms with van der Waals surface area (Å²) in [7, 11) is 3.09. The van der Waals surface area contributed by atoms with E-state index in [1.165, 1.54) is 6.26 Å². The maximum absolute atomic E-state index is 13.0. The molecule has 0 N–H and O–H groups in total. The van der Waals surface area contributed by atoms with Gasteiger partial charge in [0.1, 0.15) is 11.8 Å². The van der Waals surface area contributed by atoms with E-state index >= 15 is 0 Å². The standard InChI is InChI=1S/C21H19NO4/c1-4-22-8-7-14-9-13(5-6-17(14)22)16-12-26-18-11-20(25-3)19(24-2)10-15(18)21(16)23/h5-12H,4H2,1-3H3. The van der Waals surface area contributed by atoms with Gasteiger partial charge < -0.3 is 18.5 Å². The van der Waals surface area contributed by atoms with Crippen molar-refractivity contribution >= 4 is 21.9 Å². The highest BCUT2D eigenvalue weighted by Gasteiger charge is 2.14. The second-order valence-electron chi connectivity index (χ2n) is 6.06. The van der Waals surface area contributed by atoms with Crippen molar-refractivity contribution in [3.05, 3.63) is 59.1 Å². The van der Waals surface area contributed by atoms with Crippen LogP contribution >= 0.6 is 0 Å². The molecule has 0 radical (unpaired) electrons. The summed E-state index contributed by atoms with van der Waals surface area (Å²) >= 11 is 0. The summed E-state index contributed by atoms with van der Waals surface area (Å²) in [6.07, 6.45) is 3.56. The zero-order valence-electron chi connectivity index (χ0n) is 14.9. The summed E-state index contributed by atoms with van der Waals surface area (Å²) < 4.78 is 18.5. The second-order valence-corrected chi connectivity index (χ2v) is 6.06. The van der Waals surface area contributed by atoms with Crippen molar-refractivity contribution < 1.29 is 13.9 Å². The lowest BCUT2D eigenvalue weighted by Gasteiger charge is -2.09. The topological polar surface area (TPSA) is 53.6 Å². The van der Waals surface area contributed by atoms with Crippen molar-refractivity contribution in [1.29, 1.82) is 0 Å². The van der Waals surface area contributed by atoms with Gasteiger partial charge in [-0.05, 0) is 36.8 Å². The quantitative estimate of drug-likeness (QED) is 0.546. The number of hydrogen-bond acceptors (Lipinski definition) is 4. The molecule has 0 aliphatic carbocycles. The first-order valence-corrected chi connectivity index (χ1v) is 8.43. The highest BCUT2D eigenvalue weighted by atomic mass is 16.5. The molecule has 0 aliphatic rings. The fraction of sp³-hybridized carbons (Fsp3) is 0.190. The minimum atomic E-state index is -0.0959. The average molecular weight is 349 g/mol. The molecular weight excluding hydrogens is 330 g/mol. The molecular formula is C21H19NO4. The number of fused-ring (bicyclic) bond motifs is 2. The van der Waals surface area contributed by atoms with E-state index < -0.39 is 0 Å². The second kappa shape index (κ2) is 6.26. The number of aromatic nitrogens is 1. The van der Waals surface area contributed by atoms with E-state index in [-0.39, 0.29) is 5.43 Å². The van der Waals surface area contributed by atoms with Gasteiger partial charge in [0.15, 0.2) is 11.5 Å². The summed E-state index contributed by atoms with van der Waals surface area (Å²) in [5.41, 5.74) is 2.87. The van der Waals surface area contributed by atoms with Crippen molar-refractivity contribution in [2.24, 2.45) is 0 Å². The Balaban J connectivity index is 1.91. The van der Waals surface area contributed by atoms with Crippen molar-refractivity contribution in [1.82, 2.24) is 4.57 Å². The van der Waals surface area contributed by atoms with Crippen molar-refractivity contribution in [3.8, 4) is 22.6 Å². The number of nitrogens with zero attached hydrogens (tertiary/aromatic N) is 1. The lowest BCUT2D eigenvalue weighted by atomic mass is 10.0. The normalized spacial score (nSPS) is 11.2. The Hall–Kier alpha value is -3.21. The van der Waals surface area contributed by atoms with Crippen LogP contribution in [0.1, 0.15) is 6.92 Å². The zero-order valence-corrected chi connectivity index (χ0v) is 14.9. The molecule has 132 valence electrons. The molecule has 0 saturated carbocycles.